The van der Waals surface area contributed by atoms with E-state index in [9.17, 15) is 18.3 Å². The molecule has 1 saturated heterocycles. The van der Waals surface area contributed by atoms with Crippen molar-refractivity contribution in [2.45, 2.75) is 31.4 Å². The lowest BCUT2D eigenvalue weighted by atomic mass is 10.2. The molecule has 1 amide bonds. The van der Waals surface area contributed by atoms with Gasteiger partial charge in [-0.25, -0.2) is 8.42 Å². The molecule has 1 aromatic heterocycles. The molecule has 1 N–H and O–H groups in total. The summed E-state index contributed by atoms with van der Waals surface area (Å²) < 4.78 is 31.8. The van der Waals surface area contributed by atoms with Crippen LogP contribution < -0.4 is 0 Å². The zero-order chi connectivity index (χ0) is 18.9. The fraction of sp³-hybridized carbons (Fsp3) is 0.412. The quantitative estimate of drug-likeness (QED) is 0.838. The van der Waals surface area contributed by atoms with Gasteiger partial charge in [0.15, 0.2) is 5.76 Å². The summed E-state index contributed by atoms with van der Waals surface area (Å²) in [6.07, 6.45) is -0.986. The van der Waals surface area contributed by atoms with Crippen LogP contribution in [0.3, 0.4) is 0 Å². The minimum Gasteiger partial charge on any atom is -0.390 e. The normalized spacial score (nSPS) is 19.6. The Bertz CT molecular complexity index is 875. The number of amides is 1. The van der Waals surface area contributed by atoms with Crippen molar-refractivity contribution in [3.63, 3.8) is 0 Å². The predicted molar refractivity (Wildman–Crippen MR) is 92.6 cm³/mol. The minimum atomic E-state index is -4.00. The lowest BCUT2D eigenvalue weighted by molar-refractivity contribution is -0.131. The molecule has 1 aromatic carbocycles. The summed E-state index contributed by atoms with van der Waals surface area (Å²) in [6.45, 7) is 2.92. The first-order chi connectivity index (χ1) is 12.3. The molecule has 0 bridgehead atoms. The third-order valence-corrected chi connectivity index (χ3v) is 6.35. The highest BCUT2D eigenvalue weighted by atomic mass is 32.2. The van der Waals surface area contributed by atoms with Crippen LogP contribution in [-0.2, 0) is 21.4 Å². The molecule has 26 heavy (non-hydrogen) atoms. The molecule has 0 aliphatic carbocycles. The van der Waals surface area contributed by atoms with E-state index < -0.39 is 16.1 Å². The Hall–Kier alpha value is -2.23. The smallest absolute Gasteiger partial charge is 0.249 e. The highest BCUT2D eigenvalue weighted by Crippen LogP contribution is 2.24. The van der Waals surface area contributed by atoms with Crippen LogP contribution in [0.4, 0.5) is 0 Å². The van der Waals surface area contributed by atoms with Gasteiger partial charge < -0.3 is 14.5 Å². The number of aliphatic hydroxyl groups excluding tert-OH is 1. The van der Waals surface area contributed by atoms with Gasteiger partial charge in [0, 0.05) is 19.6 Å². The van der Waals surface area contributed by atoms with Crippen molar-refractivity contribution in [1.82, 2.24) is 14.4 Å². The molecule has 2 heterocycles. The summed E-state index contributed by atoms with van der Waals surface area (Å²) in [4.78, 5) is 14.1. The zero-order valence-electron chi connectivity index (χ0n) is 14.6. The van der Waals surface area contributed by atoms with Gasteiger partial charge in [0.2, 0.25) is 15.9 Å². The second-order valence-corrected chi connectivity index (χ2v) is 8.24. The number of rotatable bonds is 4. The van der Waals surface area contributed by atoms with Gasteiger partial charge in [-0.3, -0.25) is 4.79 Å². The third-order valence-electron chi connectivity index (χ3n) is 4.29. The van der Waals surface area contributed by atoms with Gasteiger partial charge in [-0.2, -0.15) is 4.31 Å². The van der Waals surface area contributed by atoms with E-state index in [-0.39, 0.29) is 41.9 Å². The van der Waals surface area contributed by atoms with Gasteiger partial charge in [-0.05, 0) is 19.4 Å². The highest BCUT2D eigenvalue weighted by molar-refractivity contribution is 7.89. The fourth-order valence-corrected chi connectivity index (χ4v) is 4.79. The maximum absolute atomic E-state index is 12.9. The minimum absolute atomic E-state index is 0.0472. The van der Waals surface area contributed by atoms with Crippen LogP contribution in [-0.4, -0.2) is 59.5 Å². The first-order valence-corrected chi connectivity index (χ1v) is 9.66. The van der Waals surface area contributed by atoms with Crippen LogP contribution in [0.15, 0.2) is 39.8 Å². The van der Waals surface area contributed by atoms with Crippen molar-refractivity contribution in [3.05, 3.63) is 47.3 Å². The summed E-state index contributed by atoms with van der Waals surface area (Å²) >= 11 is 0. The molecule has 9 heteroatoms. The number of aromatic nitrogens is 1. The van der Waals surface area contributed by atoms with Crippen LogP contribution >= 0.6 is 0 Å². The maximum atomic E-state index is 12.9. The molecule has 1 atom stereocenters. The number of nitrogens with zero attached hydrogens (tertiary/aromatic N) is 3. The van der Waals surface area contributed by atoms with Crippen LogP contribution in [0.25, 0.3) is 0 Å². The number of β-amino-alcohol motifs (C(OH)–C–C–N with tert-alkyl or cyclic N) is 1. The number of benzene rings is 1. The standard InChI is InChI=1S/C17H21N3O5S/c1-12-17(13(2)25-18-12)26(23,24)20-10-15(21)9-19(16(22)11-20)8-14-6-4-3-5-7-14/h3-7,15,21H,8-11H2,1-2H3. The van der Waals surface area contributed by atoms with Gasteiger partial charge in [0.1, 0.15) is 10.6 Å². The van der Waals surface area contributed by atoms with Crippen LogP contribution in [0.5, 0.6) is 0 Å². The van der Waals surface area contributed by atoms with E-state index >= 15 is 0 Å². The molecule has 1 fully saturated rings. The van der Waals surface area contributed by atoms with E-state index in [2.05, 4.69) is 5.16 Å². The number of hydrogen-bond donors (Lipinski definition) is 1. The Morgan fingerprint density at radius 3 is 2.54 bits per heavy atom. The molecule has 8 nitrogen and oxygen atoms in total. The van der Waals surface area contributed by atoms with E-state index in [4.69, 9.17) is 4.52 Å². The Morgan fingerprint density at radius 2 is 1.92 bits per heavy atom. The average molecular weight is 379 g/mol. The summed E-state index contributed by atoms with van der Waals surface area (Å²) in [5.74, 6) is -0.199. The molecule has 140 valence electrons. The lowest BCUT2D eigenvalue weighted by Gasteiger charge is -2.22. The van der Waals surface area contributed by atoms with Crippen molar-refractivity contribution >= 4 is 15.9 Å². The van der Waals surface area contributed by atoms with Crippen molar-refractivity contribution in [1.29, 1.82) is 0 Å². The fourth-order valence-electron chi connectivity index (χ4n) is 3.08. The Kier molecular flexibility index (Phi) is 5.12. The molecule has 3 rings (SSSR count). The third kappa shape index (κ3) is 3.64. The second-order valence-electron chi connectivity index (χ2n) is 6.36. The van der Waals surface area contributed by atoms with E-state index in [1.165, 1.54) is 18.7 Å². The largest absolute Gasteiger partial charge is 0.390 e. The van der Waals surface area contributed by atoms with Crippen LogP contribution in [0.2, 0.25) is 0 Å². The summed E-state index contributed by atoms with van der Waals surface area (Å²) in [5.41, 5.74) is 1.14. The lowest BCUT2D eigenvalue weighted by Crippen LogP contribution is -2.39. The molecule has 0 spiro atoms. The van der Waals surface area contributed by atoms with Crippen LogP contribution in [0, 0.1) is 13.8 Å². The first kappa shape index (κ1) is 18.6. The molecule has 1 aliphatic heterocycles. The monoisotopic (exact) mass is 379 g/mol. The molecular formula is C17H21N3O5S. The topological polar surface area (TPSA) is 104 Å². The molecule has 1 aliphatic rings. The van der Waals surface area contributed by atoms with Gasteiger partial charge in [0.05, 0.1) is 12.6 Å². The first-order valence-electron chi connectivity index (χ1n) is 8.22. The summed E-state index contributed by atoms with van der Waals surface area (Å²) in [6, 6.07) is 9.36. The van der Waals surface area contributed by atoms with E-state index in [1.54, 1.807) is 0 Å². The van der Waals surface area contributed by atoms with Crippen molar-refractivity contribution in [2.75, 3.05) is 19.6 Å². The maximum Gasteiger partial charge on any atom is 0.249 e. The number of sulfonamides is 1. The van der Waals surface area contributed by atoms with Gasteiger partial charge in [-0.15, -0.1) is 0 Å². The molecule has 1 unspecified atom stereocenters. The zero-order valence-corrected chi connectivity index (χ0v) is 15.4. The molecular weight excluding hydrogens is 358 g/mol. The number of carbonyl (C=O) groups excluding carboxylic acids is 1. The average Bonchev–Trinajstić information content (AvgIpc) is 2.85. The van der Waals surface area contributed by atoms with Gasteiger partial charge in [-0.1, -0.05) is 35.5 Å². The van der Waals surface area contributed by atoms with Gasteiger partial charge >= 0.3 is 0 Å². The predicted octanol–water partition coefficient (Wildman–Crippen LogP) is 0.685. The SMILES string of the molecule is Cc1noc(C)c1S(=O)(=O)N1CC(=O)N(Cc2ccccc2)CC(O)C1. The number of aliphatic hydroxyl groups is 1. The molecule has 0 radical (unpaired) electrons. The van der Waals surface area contributed by atoms with E-state index in [0.717, 1.165) is 9.87 Å². The van der Waals surface area contributed by atoms with Gasteiger partial charge in [0.25, 0.3) is 0 Å². The molecule has 2 aromatic rings. The van der Waals surface area contributed by atoms with Crippen molar-refractivity contribution < 1.29 is 22.8 Å². The Morgan fingerprint density at radius 1 is 1.23 bits per heavy atom. The highest BCUT2D eigenvalue weighted by Gasteiger charge is 2.37. The summed E-state index contributed by atoms with van der Waals surface area (Å²) in [5, 5.41) is 14.0. The number of hydrogen-bond acceptors (Lipinski definition) is 6. The Labute approximate surface area is 152 Å². The van der Waals surface area contributed by atoms with Crippen molar-refractivity contribution in [2.24, 2.45) is 0 Å². The number of aryl methyl sites for hydroxylation is 2. The summed E-state index contributed by atoms with van der Waals surface area (Å²) in [7, 11) is -4.00. The molecule has 0 saturated carbocycles. The van der Waals surface area contributed by atoms with E-state index in [1.807, 2.05) is 30.3 Å². The number of carbonyl (C=O) groups is 1. The van der Waals surface area contributed by atoms with Crippen molar-refractivity contribution in [3.8, 4) is 0 Å². The Balaban J connectivity index is 1.85. The van der Waals surface area contributed by atoms with E-state index in [0.29, 0.717) is 6.54 Å². The van der Waals surface area contributed by atoms with Crippen LogP contribution in [0.1, 0.15) is 17.0 Å². The second kappa shape index (κ2) is 7.18.